The van der Waals surface area contributed by atoms with E-state index in [1.54, 1.807) is 13.0 Å². The Hall–Kier alpha value is -1.13. The Morgan fingerprint density at radius 2 is 2.28 bits per heavy atom. The van der Waals surface area contributed by atoms with E-state index >= 15 is 0 Å². The number of carbonyl (C=O) groups is 1. The number of halogens is 1. The molecule has 0 saturated carbocycles. The molecule has 0 aliphatic heterocycles. The van der Waals surface area contributed by atoms with E-state index in [-0.39, 0.29) is 17.4 Å². The van der Waals surface area contributed by atoms with Crippen LogP contribution in [0, 0.1) is 5.41 Å². The Balaban J connectivity index is 2.59. The first-order chi connectivity index (χ1) is 8.32. The zero-order chi connectivity index (χ0) is 13.8. The third-order valence-electron chi connectivity index (χ3n) is 2.59. The van der Waals surface area contributed by atoms with Gasteiger partial charge in [0.2, 0.25) is 0 Å². The number of aliphatic hydroxyl groups excluding tert-OH is 1. The molecule has 0 spiro atoms. The number of amides is 1. The van der Waals surface area contributed by atoms with Gasteiger partial charge in [-0.2, -0.15) is 0 Å². The van der Waals surface area contributed by atoms with Crippen molar-refractivity contribution in [2.24, 2.45) is 5.41 Å². The average Bonchev–Trinajstić information content (AvgIpc) is 2.25. The quantitative estimate of drug-likeness (QED) is 0.863. The van der Waals surface area contributed by atoms with Gasteiger partial charge in [0.25, 0.3) is 5.91 Å². The second-order valence-electron chi connectivity index (χ2n) is 5.26. The van der Waals surface area contributed by atoms with Crippen molar-refractivity contribution in [2.75, 3.05) is 6.54 Å². The van der Waals surface area contributed by atoms with Crippen LogP contribution in [0.2, 0.25) is 5.02 Å². The molecule has 1 rings (SSSR count). The predicted molar refractivity (Wildman–Crippen MR) is 71.7 cm³/mol. The maximum atomic E-state index is 11.9. The van der Waals surface area contributed by atoms with Crippen molar-refractivity contribution in [3.05, 3.63) is 29.0 Å². The lowest BCUT2D eigenvalue weighted by Gasteiger charge is -2.26. The highest BCUT2D eigenvalue weighted by Gasteiger charge is 2.21. The zero-order valence-electron chi connectivity index (χ0n) is 10.9. The number of rotatable bonds is 5. The number of aromatic nitrogens is 1. The summed E-state index contributed by atoms with van der Waals surface area (Å²) < 4.78 is 0. The van der Waals surface area contributed by atoms with Crippen LogP contribution < -0.4 is 5.32 Å². The first-order valence-corrected chi connectivity index (χ1v) is 6.25. The maximum absolute atomic E-state index is 11.9. The molecule has 2 N–H and O–H groups in total. The van der Waals surface area contributed by atoms with E-state index in [9.17, 15) is 9.90 Å². The van der Waals surface area contributed by atoms with Crippen LogP contribution in [0.25, 0.3) is 0 Å². The van der Waals surface area contributed by atoms with E-state index in [2.05, 4.69) is 10.3 Å². The Morgan fingerprint density at radius 3 is 2.83 bits per heavy atom. The maximum Gasteiger partial charge on any atom is 0.252 e. The summed E-state index contributed by atoms with van der Waals surface area (Å²) in [7, 11) is 0. The zero-order valence-corrected chi connectivity index (χ0v) is 11.7. The van der Waals surface area contributed by atoms with Crippen molar-refractivity contribution < 1.29 is 9.90 Å². The lowest BCUT2D eigenvalue weighted by molar-refractivity contribution is 0.0902. The molecule has 0 aliphatic carbocycles. The van der Waals surface area contributed by atoms with E-state index in [0.717, 1.165) is 0 Å². The van der Waals surface area contributed by atoms with Crippen LogP contribution >= 0.6 is 11.6 Å². The Morgan fingerprint density at radius 1 is 1.61 bits per heavy atom. The highest BCUT2D eigenvalue weighted by Crippen LogP contribution is 2.21. The predicted octanol–water partition coefficient (Wildman–Crippen LogP) is 2.26. The minimum absolute atomic E-state index is 0.163. The molecule has 0 fully saturated rings. The Labute approximate surface area is 112 Å². The Kier molecular flexibility index (Phi) is 5.11. The van der Waals surface area contributed by atoms with Crippen molar-refractivity contribution in [3.8, 4) is 0 Å². The van der Waals surface area contributed by atoms with Gasteiger partial charge in [0.15, 0.2) is 0 Å². The fourth-order valence-corrected chi connectivity index (χ4v) is 2.05. The fraction of sp³-hybridized carbons (Fsp3) is 0.538. The van der Waals surface area contributed by atoms with Crippen molar-refractivity contribution in [1.82, 2.24) is 10.3 Å². The topological polar surface area (TPSA) is 62.2 Å². The number of nitrogens with one attached hydrogen (secondary N) is 1. The molecule has 0 bridgehead atoms. The molecule has 1 aromatic heterocycles. The normalized spacial score (nSPS) is 13.2. The van der Waals surface area contributed by atoms with E-state index in [0.29, 0.717) is 23.6 Å². The van der Waals surface area contributed by atoms with Gasteiger partial charge in [-0.15, -0.1) is 0 Å². The SMILES string of the molecule is CC(O)CC(C)(C)CNC(=O)c1ccncc1Cl. The number of carbonyl (C=O) groups excluding carboxylic acids is 1. The average molecular weight is 271 g/mol. The van der Waals surface area contributed by atoms with Crippen LogP contribution in [0.3, 0.4) is 0 Å². The molecule has 0 aliphatic rings. The van der Waals surface area contributed by atoms with E-state index in [1.165, 1.54) is 12.4 Å². The first-order valence-electron chi connectivity index (χ1n) is 5.87. The van der Waals surface area contributed by atoms with Gasteiger partial charge in [-0.25, -0.2) is 0 Å². The molecule has 1 unspecified atom stereocenters. The molecule has 100 valence electrons. The van der Waals surface area contributed by atoms with Gasteiger partial charge < -0.3 is 10.4 Å². The van der Waals surface area contributed by atoms with Crippen molar-refractivity contribution in [2.45, 2.75) is 33.3 Å². The molecule has 1 heterocycles. The number of hydrogen-bond donors (Lipinski definition) is 2. The van der Waals surface area contributed by atoms with Crippen LogP contribution in [-0.2, 0) is 0 Å². The summed E-state index contributed by atoms with van der Waals surface area (Å²) in [5.74, 6) is -0.221. The molecule has 18 heavy (non-hydrogen) atoms. The second kappa shape index (κ2) is 6.16. The molecular weight excluding hydrogens is 252 g/mol. The van der Waals surface area contributed by atoms with E-state index < -0.39 is 0 Å². The van der Waals surface area contributed by atoms with Crippen LogP contribution in [0.4, 0.5) is 0 Å². The highest BCUT2D eigenvalue weighted by molar-refractivity contribution is 6.33. The number of aliphatic hydroxyl groups is 1. The van der Waals surface area contributed by atoms with Crippen LogP contribution in [0.1, 0.15) is 37.6 Å². The van der Waals surface area contributed by atoms with E-state index in [1.807, 2.05) is 13.8 Å². The number of nitrogens with zero attached hydrogens (tertiary/aromatic N) is 1. The number of hydrogen-bond acceptors (Lipinski definition) is 3. The van der Waals surface area contributed by atoms with Crippen LogP contribution in [-0.4, -0.2) is 28.6 Å². The molecule has 1 amide bonds. The second-order valence-corrected chi connectivity index (χ2v) is 5.66. The molecular formula is C13H19ClN2O2. The van der Waals surface area contributed by atoms with Gasteiger partial charge in [0.1, 0.15) is 0 Å². The molecule has 0 radical (unpaired) electrons. The summed E-state index contributed by atoms with van der Waals surface area (Å²) in [6.45, 7) is 6.21. The van der Waals surface area contributed by atoms with Gasteiger partial charge in [-0.1, -0.05) is 25.4 Å². The summed E-state index contributed by atoms with van der Waals surface area (Å²) >= 11 is 5.89. The summed E-state index contributed by atoms with van der Waals surface area (Å²) in [4.78, 5) is 15.7. The van der Waals surface area contributed by atoms with Crippen LogP contribution in [0.15, 0.2) is 18.5 Å². The lowest BCUT2D eigenvalue weighted by Crippen LogP contribution is -2.35. The molecule has 1 atom stereocenters. The lowest BCUT2D eigenvalue weighted by atomic mass is 9.87. The standard InChI is InChI=1S/C13H19ClN2O2/c1-9(17)6-13(2,3)8-16-12(18)10-4-5-15-7-11(10)14/h4-5,7,9,17H,6,8H2,1-3H3,(H,16,18). The third-order valence-corrected chi connectivity index (χ3v) is 2.89. The molecule has 4 nitrogen and oxygen atoms in total. The molecule has 1 aromatic rings. The van der Waals surface area contributed by atoms with Gasteiger partial charge in [-0.05, 0) is 24.8 Å². The van der Waals surface area contributed by atoms with Crippen molar-refractivity contribution in [1.29, 1.82) is 0 Å². The summed E-state index contributed by atoms with van der Waals surface area (Å²) in [6.07, 6.45) is 3.21. The molecule has 0 saturated heterocycles. The first kappa shape index (κ1) is 14.9. The van der Waals surface area contributed by atoms with Crippen LogP contribution in [0.5, 0.6) is 0 Å². The smallest absolute Gasteiger partial charge is 0.252 e. The van der Waals surface area contributed by atoms with Gasteiger partial charge >= 0.3 is 0 Å². The molecule has 5 heteroatoms. The Bertz CT molecular complexity index is 419. The van der Waals surface area contributed by atoms with Crippen molar-refractivity contribution in [3.63, 3.8) is 0 Å². The van der Waals surface area contributed by atoms with Gasteiger partial charge in [-0.3, -0.25) is 9.78 Å². The summed E-state index contributed by atoms with van der Waals surface area (Å²) in [6, 6.07) is 1.58. The van der Waals surface area contributed by atoms with Gasteiger partial charge in [0.05, 0.1) is 16.7 Å². The van der Waals surface area contributed by atoms with Gasteiger partial charge in [0, 0.05) is 18.9 Å². The molecule has 0 aromatic carbocycles. The summed E-state index contributed by atoms with van der Waals surface area (Å²) in [5.41, 5.74) is 0.253. The minimum Gasteiger partial charge on any atom is -0.393 e. The summed E-state index contributed by atoms with van der Waals surface area (Å²) in [5, 5.41) is 12.5. The van der Waals surface area contributed by atoms with Crippen molar-refractivity contribution >= 4 is 17.5 Å². The number of pyridine rings is 1. The monoisotopic (exact) mass is 270 g/mol. The van der Waals surface area contributed by atoms with E-state index in [4.69, 9.17) is 11.6 Å². The highest BCUT2D eigenvalue weighted by atomic mass is 35.5. The minimum atomic E-state index is -0.388. The fourth-order valence-electron chi connectivity index (χ4n) is 1.85. The third kappa shape index (κ3) is 4.63. The largest absolute Gasteiger partial charge is 0.393 e.